The molecular weight excluding hydrogens is 264 g/mol. The lowest BCUT2D eigenvalue weighted by atomic mass is 10.3. The van der Waals surface area contributed by atoms with Crippen molar-refractivity contribution < 1.29 is 4.92 Å². The minimum Gasteiger partial charge on any atom is -0.368 e. The summed E-state index contributed by atoms with van der Waals surface area (Å²) in [5, 5.41) is 19.0. The van der Waals surface area contributed by atoms with E-state index in [0.717, 1.165) is 5.82 Å². The Bertz CT molecular complexity index is 682. The SMILES string of the molecule is Cc1nc(N)nc(N2CCn3cnnc3C2)c1[N+](=O)[O-]. The number of anilines is 2. The lowest BCUT2D eigenvalue weighted by molar-refractivity contribution is -0.385. The molecule has 0 fully saturated rings. The number of fused-ring (bicyclic) bond motifs is 1. The van der Waals surface area contributed by atoms with Crippen LogP contribution in [0.2, 0.25) is 0 Å². The summed E-state index contributed by atoms with van der Waals surface area (Å²) in [7, 11) is 0. The van der Waals surface area contributed by atoms with Gasteiger partial charge < -0.3 is 15.2 Å². The van der Waals surface area contributed by atoms with Gasteiger partial charge in [0, 0.05) is 13.1 Å². The summed E-state index contributed by atoms with van der Waals surface area (Å²) in [6.45, 7) is 3.16. The van der Waals surface area contributed by atoms with Crippen molar-refractivity contribution in [3.8, 4) is 0 Å². The van der Waals surface area contributed by atoms with E-state index < -0.39 is 4.92 Å². The van der Waals surface area contributed by atoms with E-state index in [0.29, 0.717) is 19.6 Å². The van der Waals surface area contributed by atoms with Gasteiger partial charge in [-0.25, -0.2) is 4.98 Å². The molecule has 104 valence electrons. The molecule has 0 atom stereocenters. The molecule has 1 aliphatic heterocycles. The maximum absolute atomic E-state index is 11.2. The molecule has 10 nitrogen and oxygen atoms in total. The van der Waals surface area contributed by atoms with E-state index in [-0.39, 0.29) is 23.1 Å². The fraction of sp³-hybridized carbons (Fsp3) is 0.400. The largest absolute Gasteiger partial charge is 0.368 e. The minimum atomic E-state index is -0.483. The Labute approximate surface area is 113 Å². The molecule has 2 aromatic rings. The number of nitro groups is 1. The van der Waals surface area contributed by atoms with Crippen LogP contribution in [-0.4, -0.2) is 36.2 Å². The van der Waals surface area contributed by atoms with Crippen molar-refractivity contribution in [1.29, 1.82) is 0 Å². The third-order valence-corrected chi connectivity index (χ3v) is 3.18. The Morgan fingerprint density at radius 1 is 1.40 bits per heavy atom. The van der Waals surface area contributed by atoms with E-state index in [1.807, 2.05) is 4.57 Å². The molecule has 0 bridgehead atoms. The molecule has 3 heterocycles. The van der Waals surface area contributed by atoms with E-state index in [1.165, 1.54) is 0 Å². The van der Waals surface area contributed by atoms with E-state index in [4.69, 9.17) is 5.73 Å². The maximum Gasteiger partial charge on any atom is 0.332 e. The van der Waals surface area contributed by atoms with E-state index >= 15 is 0 Å². The van der Waals surface area contributed by atoms with Crippen molar-refractivity contribution in [2.75, 3.05) is 17.2 Å². The molecule has 1 aliphatic rings. The molecule has 20 heavy (non-hydrogen) atoms. The Morgan fingerprint density at radius 2 is 2.20 bits per heavy atom. The van der Waals surface area contributed by atoms with Gasteiger partial charge in [-0.3, -0.25) is 10.1 Å². The lowest BCUT2D eigenvalue weighted by Crippen LogP contribution is -2.35. The first-order valence-corrected chi connectivity index (χ1v) is 5.96. The van der Waals surface area contributed by atoms with Crippen LogP contribution in [0.5, 0.6) is 0 Å². The Kier molecular flexibility index (Phi) is 2.70. The van der Waals surface area contributed by atoms with Crippen molar-refractivity contribution >= 4 is 17.5 Å². The number of nitrogens with two attached hydrogens (primary N) is 1. The number of aryl methyl sites for hydroxylation is 1. The summed E-state index contributed by atoms with van der Waals surface area (Å²) in [6.07, 6.45) is 1.64. The zero-order valence-electron chi connectivity index (χ0n) is 10.7. The molecule has 2 N–H and O–H groups in total. The van der Waals surface area contributed by atoms with Gasteiger partial charge in [0.2, 0.25) is 11.8 Å². The summed E-state index contributed by atoms with van der Waals surface area (Å²) >= 11 is 0. The predicted octanol–water partition coefficient (Wildman–Crippen LogP) is -0.113. The average molecular weight is 276 g/mol. The van der Waals surface area contributed by atoms with E-state index in [2.05, 4.69) is 20.2 Å². The Balaban J connectivity index is 2.05. The molecule has 0 aromatic carbocycles. The first kappa shape index (κ1) is 12.3. The summed E-state index contributed by atoms with van der Waals surface area (Å²) in [6, 6.07) is 0. The second-order valence-electron chi connectivity index (χ2n) is 4.46. The van der Waals surface area contributed by atoms with Gasteiger partial charge in [0.25, 0.3) is 0 Å². The van der Waals surface area contributed by atoms with Gasteiger partial charge in [0.15, 0.2) is 5.82 Å². The molecule has 0 aliphatic carbocycles. The summed E-state index contributed by atoms with van der Waals surface area (Å²) < 4.78 is 1.90. The van der Waals surface area contributed by atoms with Crippen LogP contribution in [0.1, 0.15) is 11.5 Å². The van der Waals surface area contributed by atoms with Crippen LogP contribution in [0.25, 0.3) is 0 Å². The monoisotopic (exact) mass is 276 g/mol. The molecule has 3 rings (SSSR count). The van der Waals surface area contributed by atoms with Crippen molar-refractivity contribution in [1.82, 2.24) is 24.7 Å². The molecule has 0 spiro atoms. The number of nitrogens with zero attached hydrogens (tertiary/aromatic N) is 7. The van der Waals surface area contributed by atoms with Crippen LogP contribution in [0.3, 0.4) is 0 Å². The fourth-order valence-corrected chi connectivity index (χ4v) is 2.25. The minimum absolute atomic E-state index is 0.0233. The van der Waals surface area contributed by atoms with Gasteiger partial charge in [-0.15, -0.1) is 10.2 Å². The quantitative estimate of drug-likeness (QED) is 0.594. The number of nitrogen functional groups attached to an aromatic ring is 1. The van der Waals surface area contributed by atoms with Gasteiger partial charge in [-0.05, 0) is 6.92 Å². The maximum atomic E-state index is 11.2. The van der Waals surface area contributed by atoms with Gasteiger partial charge in [-0.1, -0.05) is 0 Å². The summed E-state index contributed by atoms with van der Waals surface area (Å²) in [5.41, 5.74) is 5.74. The van der Waals surface area contributed by atoms with Gasteiger partial charge in [-0.2, -0.15) is 4.98 Å². The molecule has 2 aromatic heterocycles. The highest BCUT2D eigenvalue weighted by Crippen LogP contribution is 2.31. The van der Waals surface area contributed by atoms with Crippen LogP contribution in [0.15, 0.2) is 6.33 Å². The van der Waals surface area contributed by atoms with Gasteiger partial charge in [0.05, 0.1) is 11.5 Å². The zero-order valence-corrected chi connectivity index (χ0v) is 10.7. The Hall–Kier alpha value is -2.78. The number of rotatable bonds is 2. The summed E-state index contributed by atoms with van der Waals surface area (Å²) in [4.78, 5) is 20.4. The smallest absolute Gasteiger partial charge is 0.332 e. The third-order valence-electron chi connectivity index (χ3n) is 3.18. The highest BCUT2D eigenvalue weighted by molar-refractivity contribution is 5.62. The van der Waals surface area contributed by atoms with E-state index in [9.17, 15) is 10.1 Å². The van der Waals surface area contributed by atoms with Crippen LogP contribution in [0, 0.1) is 17.0 Å². The molecular formula is C10H12N8O2. The lowest BCUT2D eigenvalue weighted by Gasteiger charge is -2.27. The van der Waals surface area contributed by atoms with Crippen LogP contribution in [0.4, 0.5) is 17.5 Å². The molecule has 0 amide bonds. The topological polar surface area (TPSA) is 129 Å². The first-order valence-electron chi connectivity index (χ1n) is 5.96. The second kappa shape index (κ2) is 4.40. The number of aromatic nitrogens is 5. The molecule has 10 heteroatoms. The van der Waals surface area contributed by atoms with E-state index in [1.54, 1.807) is 18.2 Å². The molecule has 0 unspecified atom stereocenters. The third kappa shape index (κ3) is 1.90. The van der Waals surface area contributed by atoms with Crippen molar-refractivity contribution in [3.63, 3.8) is 0 Å². The van der Waals surface area contributed by atoms with Crippen LogP contribution < -0.4 is 10.6 Å². The standard InChI is InChI=1S/C10H12N8O2/c1-6-8(18(19)20)9(14-10(11)13-6)16-2-3-17-5-12-15-7(17)4-16/h5H,2-4H2,1H3,(H2,11,13,14). The highest BCUT2D eigenvalue weighted by Gasteiger charge is 2.28. The van der Waals surface area contributed by atoms with Crippen molar-refractivity contribution in [3.05, 3.63) is 28.0 Å². The fourth-order valence-electron chi connectivity index (χ4n) is 2.25. The number of hydrogen-bond donors (Lipinski definition) is 1. The first-order chi connectivity index (χ1) is 9.56. The van der Waals surface area contributed by atoms with Gasteiger partial charge in [0.1, 0.15) is 12.0 Å². The summed E-state index contributed by atoms with van der Waals surface area (Å²) in [5.74, 6) is 0.991. The molecule has 0 saturated heterocycles. The zero-order chi connectivity index (χ0) is 14.3. The highest BCUT2D eigenvalue weighted by atomic mass is 16.6. The van der Waals surface area contributed by atoms with Crippen LogP contribution >= 0.6 is 0 Å². The van der Waals surface area contributed by atoms with Crippen molar-refractivity contribution in [2.45, 2.75) is 20.0 Å². The van der Waals surface area contributed by atoms with Crippen LogP contribution in [-0.2, 0) is 13.1 Å². The average Bonchev–Trinajstić information content (AvgIpc) is 2.84. The molecule has 0 saturated carbocycles. The van der Waals surface area contributed by atoms with Gasteiger partial charge >= 0.3 is 5.69 Å². The second-order valence-corrected chi connectivity index (χ2v) is 4.46. The molecule has 0 radical (unpaired) electrons. The Morgan fingerprint density at radius 3 is 2.95 bits per heavy atom. The number of hydrogen-bond acceptors (Lipinski definition) is 8. The normalized spacial score (nSPS) is 14.2. The predicted molar refractivity (Wildman–Crippen MR) is 68.9 cm³/mol. The van der Waals surface area contributed by atoms with Crippen molar-refractivity contribution in [2.24, 2.45) is 0 Å².